The predicted octanol–water partition coefficient (Wildman–Crippen LogP) is 9.94. The predicted molar refractivity (Wildman–Crippen MR) is 156 cm³/mol. The largest absolute Gasteiger partial charge is 0.310 e. The van der Waals surface area contributed by atoms with E-state index in [0.717, 1.165) is 17.1 Å². The van der Waals surface area contributed by atoms with Crippen molar-refractivity contribution in [1.29, 1.82) is 0 Å². The molecule has 1 heteroatoms. The quantitative estimate of drug-likeness (QED) is 0.171. The van der Waals surface area contributed by atoms with Crippen LogP contribution in [0.3, 0.4) is 0 Å². The van der Waals surface area contributed by atoms with E-state index in [2.05, 4.69) is 164 Å². The van der Waals surface area contributed by atoms with Crippen molar-refractivity contribution in [3.05, 3.63) is 163 Å². The summed E-state index contributed by atoms with van der Waals surface area (Å²) in [6.45, 7) is 2.06. The molecule has 0 atom stereocenters. The molecule has 0 radical (unpaired) electrons. The lowest BCUT2D eigenvalue weighted by Gasteiger charge is -2.26. The van der Waals surface area contributed by atoms with Crippen molar-refractivity contribution in [3.8, 4) is 11.1 Å². The summed E-state index contributed by atoms with van der Waals surface area (Å²) in [4.78, 5) is 2.31. The van der Waals surface area contributed by atoms with Gasteiger partial charge in [0.2, 0.25) is 0 Å². The zero-order valence-electron chi connectivity index (χ0n) is 20.5. The Balaban J connectivity index is 1.55. The summed E-state index contributed by atoms with van der Waals surface area (Å²) < 4.78 is 0. The van der Waals surface area contributed by atoms with Gasteiger partial charge in [0.1, 0.15) is 0 Å². The highest BCUT2D eigenvalue weighted by atomic mass is 15.1. The minimum Gasteiger partial charge on any atom is -0.310 e. The molecule has 0 aliphatic heterocycles. The Morgan fingerprint density at radius 3 is 1.75 bits per heavy atom. The van der Waals surface area contributed by atoms with Gasteiger partial charge in [-0.15, -0.1) is 0 Å². The van der Waals surface area contributed by atoms with Crippen molar-refractivity contribution in [2.24, 2.45) is 0 Å². The van der Waals surface area contributed by atoms with Crippen LogP contribution >= 0.6 is 0 Å². The summed E-state index contributed by atoms with van der Waals surface area (Å²) in [6.07, 6.45) is 6.49. The van der Waals surface area contributed by atoms with E-state index in [9.17, 15) is 0 Å². The summed E-state index contributed by atoms with van der Waals surface area (Å²) in [7, 11) is 0. The molecular formula is C35H29N. The molecule has 5 aromatic rings. The molecule has 0 aliphatic rings. The normalized spacial score (nSPS) is 11.5. The monoisotopic (exact) mass is 463 g/mol. The molecule has 174 valence electrons. The Bertz CT molecular complexity index is 1450. The lowest BCUT2D eigenvalue weighted by molar-refractivity contribution is 1.28. The van der Waals surface area contributed by atoms with Crippen LogP contribution in [-0.4, -0.2) is 0 Å². The topological polar surface area (TPSA) is 3.24 Å². The van der Waals surface area contributed by atoms with Gasteiger partial charge in [-0.05, 0) is 77.2 Å². The summed E-state index contributed by atoms with van der Waals surface area (Å²) in [5.74, 6) is 0. The third-order valence-electron chi connectivity index (χ3n) is 6.15. The lowest BCUT2D eigenvalue weighted by Crippen LogP contribution is -2.09. The molecule has 0 saturated carbocycles. The number of anilines is 3. The van der Waals surface area contributed by atoms with Gasteiger partial charge in [0.25, 0.3) is 0 Å². The first-order valence-electron chi connectivity index (χ1n) is 12.3. The number of hydrogen-bond acceptors (Lipinski definition) is 1. The van der Waals surface area contributed by atoms with Crippen molar-refractivity contribution in [3.63, 3.8) is 0 Å². The fourth-order valence-corrected chi connectivity index (χ4v) is 4.42. The van der Waals surface area contributed by atoms with E-state index >= 15 is 0 Å². The summed E-state index contributed by atoms with van der Waals surface area (Å²) in [5, 5.41) is 0. The van der Waals surface area contributed by atoms with Crippen molar-refractivity contribution in [2.45, 2.75) is 6.92 Å². The van der Waals surface area contributed by atoms with Crippen LogP contribution in [0.25, 0.3) is 22.8 Å². The third kappa shape index (κ3) is 5.37. The van der Waals surface area contributed by atoms with Gasteiger partial charge < -0.3 is 4.90 Å². The van der Waals surface area contributed by atoms with E-state index in [4.69, 9.17) is 0 Å². The second-order valence-corrected chi connectivity index (χ2v) is 8.64. The molecular weight excluding hydrogens is 434 g/mol. The second-order valence-electron chi connectivity index (χ2n) is 8.64. The van der Waals surface area contributed by atoms with Gasteiger partial charge in [-0.3, -0.25) is 0 Å². The van der Waals surface area contributed by atoms with Crippen LogP contribution in [0, 0.1) is 0 Å². The molecule has 0 aliphatic carbocycles. The average molecular weight is 464 g/mol. The van der Waals surface area contributed by atoms with Gasteiger partial charge in [-0.2, -0.15) is 0 Å². The van der Waals surface area contributed by atoms with Crippen LogP contribution in [0.4, 0.5) is 17.1 Å². The Morgan fingerprint density at radius 2 is 1.08 bits per heavy atom. The van der Waals surface area contributed by atoms with E-state index in [1.807, 2.05) is 6.07 Å². The van der Waals surface area contributed by atoms with Crippen LogP contribution in [0.2, 0.25) is 0 Å². The van der Waals surface area contributed by atoms with Crippen molar-refractivity contribution in [2.75, 3.05) is 4.90 Å². The molecule has 1 nitrogen and oxygen atoms in total. The maximum absolute atomic E-state index is 2.31. The van der Waals surface area contributed by atoms with E-state index in [-0.39, 0.29) is 0 Å². The van der Waals surface area contributed by atoms with Gasteiger partial charge in [-0.25, -0.2) is 0 Å². The molecule has 0 heterocycles. The van der Waals surface area contributed by atoms with Crippen molar-refractivity contribution >= 4 is 28.7 Å². The lowest BCUT2D eigenvalue weighted by atomic mass is 10.0. The first-order valence-corrected chi connectivity index (χ1v) is 12.3. The molecule has 0 unspecified atom stereocenters. The number of nitrogens with zero attached hydrogens (tertiary/aromatic N) is 1. The van der Waals surface area contributed by atoms with Gasteiger partial charge in [-0.1, -0.05) is 115 Å². The first kappa shape index (κ1) is 23.1. The van der Waals surface area contributed by atoms with Crippen LogP contribution in [0.1, 0.15) is 18.1 Å². The first-order chi connectivity index (χ1) is 17.8. The van der Waals surface area contributed by atoms with Gasteiger partial charge in [0.15, 0.2) is 0 Å². The van der Waals surface area contributed by atoms with Crippen molar-refractivity contribution in [1.82, 2.24) is 0 Å². The van der Waals surface area contributed by atoms with Gasteiger partial charge in [0.05, 0.1) is 0 Å². The van der Waals surface area contributed by atoms with Crippen LogP contribution < -0.4 is 4.90 Å². The summed E-state index contributed by atoms with van der Waals surface area (Å²) in [6, 6.07) is 49.1. The maximum atomic E-state index is 2.31. The van der Waals surface area contributed by atoms with Crippen LogP contribution in [0.5, 0.6) is 0 Å². The molecule has 5 rings (SSSR count). The molecule has 0 amide bonds. The fourth-order valence-electron chi connectivity index (χ4n) is 4.42. The van der Waals surface area contributed by atoms with Crippen LogP contribution in [0.15, 0.2) is 152 Å². The minimum atomic E-state index is 1.12. The minimum absolute atomic E-state index is 1.12. The number of para-hydroxylation sites is 1. The molecule has 0 spiro atoms. The van der Waals surface area contributed by atoms with E-state index in [1.54, 1.807) is 0 Å². The molecule has 0 saturated heterocycles. The third-order valence-corrected chi connectivity index (χ3v) is 6.15. The Kier molecular flexibility index (Phi) is 7.20. The Labute approximate surface area is 214 Å². The van der Waals surface area contributed by atoms with Gasteiger partial charge in [0, 0.05) is 17.1 Å². The molecule has 0 N–H and O–H groups in total. The number of allylic oxidation sites excluding steroid dienone is 3. The molecule has 0 bridgehead atoms. The zero-order chi connectivity index (χ0) is 24.6. The standard InChI is InChI=1S/C35H29N/c1-2-13-31(26-28-14-6-3-7-15-28)30-22-24-34(25-23-30)36(33-19-10-5-11-20-33)35-21-12-18-32(27-35)29-16-8-4-9-17-29/h2-27H,1H3/b13-2-,31-26+. The van der Waals surface area contributed by atoms with E-state index < -0.39 is 0 Å². The molecule has 5 aromatic carbocycles. The SMILES string of the molecule is C/C=C\C(=C/c1ccccc1)c1ccc(N(c2ccccc2)c2cccc(-c3ccccc3)c2)cc1. The van der Waals surface area contributed by atoms with Gasteiger partial charge >= 0.3 is 0 Å². The maximum Gasteiger partial charge on any atom is 0.0467 e. The Hall–Kier alpha value is -4.62. The highest BCUT2D eigenvalue weighted by Crippen LogP contribution is 2.37. The van der Waals surface area contributed by atoms with Crippen LogP contribution in [-0.2, 0) is 0 Å². The second kappa shape index (κ2) is 11.2. The van der Waals surface area contributed by atoms with E-state index in [0.29, 0.717) is 0 Å². The number of rotatable bonds is 7. The zero-order valence-corrected chi connectivity index (χ0v) is 20.5. The number of benzene rings is 5. The Morgan fingerprint density at radius 1 is 0.528 bits per heavy atom. The highest BCUT2D eigenvalue weighted by molar-refractivity contribution is 5.88. The van der Waals surface area contributed by atoms with E-state index in [1.165, 1.54) is 27.8 Å². The number of hydrogen-bond donors (Lipinski definition) is 0. The molecule has 0 fully saturated rings. The van der Waals surface area contributed by atoms with Crippen molar-refractivity contribution < 1.29 is 0 Å². The smallest absolute Gasteiger partial charge is 0.0467 e. The highest BCUT2D eigenvalue weighted by Gasteiger charge is 2.13. The average Bonchev–Trinajstić information content (AvgIpc) is 2.95. The summed E-state index contributed by atoms with van der Waals surface area (Å²) >= 11 is 0. The summed E-state index contributed by atoms with van der Waals surface area (Å²) in [5.41, 5.74) is 9.36. The molecule has 36 heavy (non-hydrogen) atoms. The fraction of sp³-hybridized carbons (Fsp3) is 0.0286. The molecule has 0 aromatic heterocycles.